The van der Waals surface area contributed by atoms with Crippen molar-refractivity contribution in [3.8, 4) is 0 Å². The summed E-state index contributed by atoms with van der Waals surface area (Å²) >= 11 is 6.26. The summed E-state index contributed by atoms with van der Waals surface area (Å²) in [5.74, 6) is 0.118. The molecule has 0 spiro atoms. The van der Waals surface area contributed by atoms with Gasteiger partial charge >= 0.3 is 19.9 Å². The first kappa shape index (κ1) is 36.2. The van der Waals surface area contributed by atoms with Crippen LogP contribution in [0.5, 0.6) is 0 Å². The Kier molecular flexibility index (Phi) is 12.5. The summed E-state index contributed by atoms with van der Waals surface area (Å²) in [6.45, 7) is 4.44. The second-order valence-corrected chi connectivity index (χ2v) is 16.4. The predicted molar refractivity (Wildman–Crippen MR) is 165 cm³/mol. The second kappa shape index (κ2) is 15.9. The zero-order chi connectivity index (χ0) is 33.5. The van der Waals surface area contributed by atoms with E-state index in [4.69, 9.17) is 44.3 Å². The molecule has 2 atom stereocenters. The highest BCUT2D eigenvalue weighted by molar-refractivity contribution is 7.97. The standard InChI is InChI=1S/C27H40ClN4O12PS/c1-17(2)42-26(33)38-14-40-45(35,41-15-39-27(34)43-18(3)4)16-46(36,37)13-20-9-10-22(44-20)32-12-11-21-23(29-19-7-5-6-8-19)30-25(28)31-24(21)32/h11-12,17-20,22H,5-10,13-16H2,1-4H3,(H,29,30,31)/t20-,22+/m0/s1. The van der Waals surface area contributed by atoms with E-state index in [9.17, 15) is 22.6 Å². The van der Waals surface area contributed by atoms with Crippen LogP contribution in [0.15, 0.2) is 12.3 Å². The summed E-state index contributed by atoms with van der Waals surface area (Å²) in [6, 6.07) is 2.17. The van der Waals surface area contributed by atoms with Crippen molar-refractivity contribution < 1.29 is 55.3 Å². The van der Waals surface area contributed by atoms with Gasteiger partial charge in [0.2, 0.25) is 18.9 Å². The molecule has 4 rings (SSSR count). The first-order valence-electron chi connectivity index (χ1n) is 14.9. The number of ether oxygens (including phenoxy) is 5. The van der Waals surface area contributed by atoms with E-state index in [-0.39, 0.29) is 5.28 Å². The third kappa shape index (κ3) is 10.7. The molecular formula is C27H40ClN4O12PS. The first-order chi connectivity index (χ1) is 21.7. The van der Waals surface area contributed by atoms with Crippen molar-refractivity contribution in [1.82, 2.24) is 14.5 Å². The Hall–Kier alpha value is -2.69. The topological polar surface area (TPSA) is 193 Å². The lowest BCUT2D eigenvalue weighted by Gasteiger charge is -2.20. The lowest BCUT2D eigenvalue weighted by Crippen LogP contribution is -2.25. The van der Waals surface area contributed by atoms with Crippen LogP contribution in [0.1, 0.15) is 72.4 Å². The molecule has 3 heterocycles. The van der Waals surface area contributed by atoms with Crippen LogP contribution in [-0.4, -0.2) is 84.5 Å². The van der Waals surface area contributed by atoms with Crippen LogP contribution in [0.25, 0.3) is 11.0 Å². The van der Waals surface area contributed by atoms with Gasteiger partial charge < -0.3 is 33.6 Å². The monoisotopic (exact) mass is 710 g/mol. The van der Waals surface area contributed by atoms with Crippen LogP contribution in [0.3, 0.4) is 0 Å². The third-order valence-corrected chi connectivity index (χ3v) is 11.8. The van der Waals surface area contributed by atoms with Crippen molar-refractivity contribution in [2.75, 3.05) is 30.1 Å². The number of carbonyl (C=O) groups is 2. The fourth-order valence-corrected chi connectivity index (χ4v) is 9.50. The molecule has 258 valence electrons. The minimum absolute atomic E-state index is 0.0729. The number of hydrogen-bond donors (Lipinski definition) is 1. The molecule has 2 aromatic rings. The SMILES string of the molecule is CC(C)OC(=O)OCOP(=O)(CS(=O)(=O)C[C@@H]1CC[C@H](n2ccc3c(NC4CCCC4)nc(Cl)nc32)O1)OCOC(=O)OC(C)C. The molecule has 16 nitrogen and oxygen atoms in total. The van der Waals surface area contributed by atoms with Crippen molar-refractivity contribution in [2.45, 2.75) is 96.8 Å². The predicted octanol–water partition coefficient (Wildman–Crippen LogP) is 5.75. The van der Waals surface area contributed by atoms with E-state index in [1.165, 1.54) is 0 Å². The summed E-state index contributed by atoms with van der Waals surface area (Å²) in [6.07, 6.45) is 2.46. The molecule has 0 amide bonds. The zero-order valence-corrected chi connectivity index (χ0v) is 28.6. The molecule has 19 heteroatoms. The molecule has 2 aromatic heterocycles. The second-order valence-electron chi connectivity index (χ2n) is 11.5. The Balaban J connectivity index is 1.39. The van der Waals surface area contributed by atoms with Gasteiger partial charge in [-0.1, -0.05) is 12.8 Å². The van der Waals surface area contributed by atoms with E-state index in [1.807, 2.05) is 6.07 Å². The third-order valence-electron chi connectivity index (χ3n) is 6.95. The largest absolute Gasteiger partial charge is 0.510 e. The fourth-order valence-electron chi connectivity index (χ4n) is 5.08. The summed E-state index contributed by atoms with van der Waals surface area (Å²) in [7, 11) is -8.72. The molecular weight excluding hydrogens is 671 g/mol. The number of hydrogen-bond acceptors (Lipinski definition) is 15. The van der Waals surface area contributed by atoms with Crippen LogP contribution in [0.2, 0.25) is 5.28 Å². The number of nitrogens with zero attached hydrogens (tertiary/aromatic N) is 3. The Bertz CT molecular complexity index is 1480. The van der Waals surface area contributed by atoms with Crippen LogP contribution < -0.4 is 5.32 Å². The molecule has 0 unspecified atom stereocenters. The average molecular weight is 711 g/mol. The van der Waals surface area contributed by atoms with E-state index >= 15 is 0 Å². The van der Waals surface area contributed by atoms with Crippen LogP contribution in [0, 0.1) is 0 Å². The van der Waals surface area contributed by atoms with Gasteiger partial charge in [-0.3, -0.25) is 13.6 Å². The lowest BCUT2D eigenvalue weighted by atomic mass is 10.2. The number of sulfone groups is 1. The molecule has 1 aliphatic heterocycles. The van der Waals surface area contributed by atoms with E-state index in [0.717, 1.165) is 31.1 Å². The number of fused-ring (bicyclic) bond motifs is 1. The fraction of sp³-hybridized carbons (Fsp3) is 0.704. The van der Waals surface area contributed by atoms with Crippen molar-refractivity contribution in [1.29, 1.82) is 0 Å². The molecule has 1 saturated carbocycles. The minimum atomic E-state index is -4.55. The number of anilines is 1. The quantitative estimate of drug-likeness (QED) is 0.101. The highest BCUT2D eigenvalue weighted by atomic mass is 35.5. The number of carbonyl (C=O) groups excluding carboxylic acids is 2. The van der Waals surface area contributed by atoms with Gasteiger partial charge in [0.25, 0.3) is 0 Å². The van der Waals surface area contributed by atoms with Crippen molar-refractivity contribution in [2.24, 2.45) is 0 Å². The van der Waals surface area contributed by atoms with Gasteiger partial charge in [-0.15, -0.1) is 0 Å². The summed E-state index contributed by atoms with van der Waals surface area (Å²) in [4.78, 5) is 32.2. The number of aromatic nitrogens is 3. The number of rotatable bonds is 15. The maximum Gasteiger partial charge on any atom is 0.510 e. The normalized spacial score (nSPS) is 19.2. The zero-order valence-electron chi connectivity index (χ0n) is 26.1. The van der Waals surface area contributed by atoms with Gasteiger partial charge in [-0.05, 0) is 71.0 Å². The summed E-state index contributed by atoms with van der Waals surface area (Å²) < 4.78 is 76.9. The number of nitrogens with one attached hydrogen (secondary N) is 1. The Morgan fingerprint density at radius 2 is 1.63 bits per heavy atom. The van der Waals surface area contributed by atoms with Crippen LogP contribution in [0.4, 0.5) is 15.4 Å². The molecule has 2 aliphatic rings. The molecule has 1 aliphatic carbocycles. The van der Waals surface area contributed by atoms with Crippen molar-refractivity contribution >= 4 is 58.2 Å². The molecule has 0 aromatic carbocycles. The van der Waals surface area contributed by atoms with E-state index in [0.29, 0.717) is 30.3 Å². The van der Waals surface area contributed by atoms with Crippen molar-refractivity contribution in [3.05, 3.63) is 17.5 Å². The summed E-state index contributed by atoms with van der Waals surface area (Å²) in [5, 5.41) is 4.30. The molecule has 2 fully saturated rings. The van der Waals surface area contributed by atoms with Gasteiger partial charge in [0, 0.05) is 12.2 Å². The van der Waals surface area contributed by atoms with E-state index < -0.39 is 79.1 Å². The molecule has 0 bridgehead atoms. The Labute approximate surface area is 272 Å². The Morgan fingerprint density at radius 3 is 2.22 bits per heavy atom. The smallest absolute Gasteiger partial charge is 0.432 e. The maximum atomic E-state index is 13.4. The highest BCUT2D eigenvalue weighted by Crippen LogP contribution is 2.50. The lowest BCUT2D eigenvalue weighted by molar-refractivity contribution is -0.0295. The molecule has 0 radical (unpaired) electrons. The molecule has 46 heavy (non-hydrogen) atoms. The Morgan fingerprint density at radius 1 is 1.02 bits per heavy atom. The average Bonchev–Trinajstić information content (AvgIpc) is 3.68. The van der Waals surface area contributed by atoms with Gasteiger partial charge in [0.15, 0.2) is 15.3 Å². The molecule has 1 N–H and O–H groups in total. The van der Waals surface area contributed by atoms with E-state index in [1.54, 1.807) is 38.5 Å². The van der Waals surface area contributed by atoms with Crippen LogP contribution >= 0.6 is 19.2 Å². The number of halogens is 1. The van der Waals surface area contributed by atoms with Gasteiger partial charge in [-0.2, -0.15) is 4.98 Å². The van der Waals surface area contributed by atoms with Gasteiger partial charge in [0.1, 0.15) is 17.7 Å². The van der Waals surface area contributed by atoms with Gasteiger partial charge in [0.05, 0.1) is 29.5 Å². The minimum Gasteiger partial charge on any atom is -0.432 e. The summed E-state index contributed by atoms with van der Waals surface area (Å²) in [5.41, 5.74) is -0.562. The van der Waals surface area contributed by atoms with Crippen molar-refractivity contribution in [3.63, 3.8) is 0 Å². The first-order valence-corrected chi connectivity index (χ1v) is 18.9. The van der Waals surface area contributed by atoms with Crippen LogP contribution in [-0.2, 0) is 47.1 Å². The van der Waals surface area contributed by atoms with Gasteiger partial charge in [-0.25, -0.2) is 23.0 Å². The highest BCUT2D eigenvalue weighted by Gasteiger charge is 2.38. The maximum absolute atomic E-state index is 13.4. The van der Waals surface area contributed by atoms with E-state index in [2.05, 4.69) is 15.3 Å². The molecule has 1 saturated heterocycles.